The summed E-state index contributed by atoms with van der Waals surface area (Å²) in [6.45, 7) is 18.8. The summed E-state index contributed by atoms with van der Waals surface area (Å²) in [6, 6.07) is 45.5. The van der Waals surface area contributed by atoms with Crippen LogP contribution in [0.15, 0.2) is 179 Å². The number of fused-ring (bicyclic) bond motifs is 1. The summed E-state index contributed by atoms with van der Waals surface area (Å²) in [6.07, 6.45) is 1.91. The van der Waals surface area contributed by atoms with Gasteiger partial charge in [0.25, 0.3) is 0 Å². The van der Waals surface area contributed by atoms with Gasteiger partial charge in [0.2, 0.25) is 0 Å². The summed E-state index contributed by atoms with van der Waals surface area (Å²) in [7, 11) is 0. The number of hydrogen-bond acceptors (Lipinski definition) is 3. The van der Waals surface area contributed by atoms with E-state index in [9.17, 15) is 0 Å². The Morgan fingerprint density at radius 2 is 1.26 bits per heavy atom. The molecule has 0 radical (unpaired) electrons. The Hall–Kier alpha value is -5.87. The molecule has 0 bridgehead atoms. The van der Waals surface area contributed by atoms with Crippen LogP contribution in [0.4, 0.5) is 11.4 Å². The van der Waals surface area contributed by atoms with Crippen molar-refractivity contribution in [1.82, 2.24) is 0 Å². The van der Waals surface area contributed by atoms with Crippen LogP contribution in [0, 0.1) is 0 Å². The van der Waals surface area contributed by atoms with Crippen LogP contribution in [-0.4, -0.2) is 18.3 Å². The molecule has 0 saturated heterocycles. The summed E-state index contributed by atoms with van der Waals surface area (Å²) in [5.41, 5.74) is 10.7. The van der Waals surface area contributed by atoms with E-state index < -0.39 is 0 Å². The number of aliphatic imine (C=N–C) groups is 3. The Labute approximate surface area is 278 Å². The molecule has 0 spiro atoms. The van der Waals surface area contributed by atoms with Gasteiger partial charge in [0.05, 0.1) is 11.4 Å². The van der Waals surface area contributed by atoms with Crippen molar-refractivity contribution >= 4 is 35.3 Å². The van der Waals surface area contributed by atoms with Crippen molar-refractivity contribution in [2.75, 3.05) is 4.90 Å². The van der Waals surface area contributed by atoms with Crippen LogP contribution in [-0.2, 0) is 5.41 Å². The fourth-order valence-corrected chi connectivity index (χ4v) is 6.10. The summed E-state index contributed by atoms with van der Waals surface area (Å²) in [5, 5.41) is 0. The first-order valence-corrected chi connectivity index (χ1v) is 15.7. The predicted octanol–water partition coefficient (Wildman–Crippen LogP) is 10.8. The number of amidine groups is 1. The van der Waals surface area contributed by atoms with Crippen molar-refractivity contribution in [2.45, 2.75) is 26.2 Å². The maximum atomic E-state index is 5.00. The third kappa shape index (κ3) is 6.18. The second-order valence-corrected chi connectivity index (χ2v) is 12.0. The molecule has 1 aliphatic rings. The fourth-order valence-electron chi connectivity index (χ4n) is 6.10. The maximum Gasteiger partial charge on any atom is 0.160 e. The van der Waals surface area contributed by atoms with E-state index in [0.29, 0.717) is 11.5 Å². The van der Waals surface area contributed by atoms with E-state index in [0.717, 1.165) is 56.3 Å². The minimum absolute atomic E-state index is 0.337. The normalized spacial score (nSPS) is 14.4. The monoisotopic (exact) mass is 610 g/mol. The van der Waals surface area contributed by atoms with Gasteiger partial charge >= 0.3 is 0 Å². The van der Waals surface area contributed by atoms with Gasteiger partial charge in [-0.15, -0.1) is 0 Å². The van der Waals surface area contributed by atoms with Crippen LogP contribution in [0.5, 0.6) is 0 Å². The Bertz CT molecular complexity index is 2030. The van der Waals surface area contributed by atoms with Crippen molar-refractivity contribution in [3.8, 4) is 11.1 Å². The van der Waals surface area contributed by atoms with Gasteiger partial charge in [0.1, 0.15) is 5.82 Å². The van der Waals surface area contributed by atoms with Crippen molar-refractivity contribution in [3.63, 3.8) is 0 Å². The molecule has 1 aliphatic heterocycles. The molecule has 6 rings (SSSR count). The molecule has 0 unspecified atom stereocenters. The summed E-state index contributed by atoms with van der Waals surface area (Å²) >= 11 is 0. The molecule has 5 aromatic rings. The second kappa shape index (κ2) is 13.2. The number of nitrogens with zero attached hydrogens (tertiary/aromatic N) is 4. The largest absolute Gasteiger partial charge is 0.295 e. The molecule has 0 saturated carbocycles. The molecule has 0 aromatic heterocycles. The Morgan fingerprint density at radius 1 is 0.681 bits per heavy atom. The lowest BCUT2D eigenvalue weighted by molar-refractivity contribution is 0.616. The lowest BCUT2D eigenvalue weighted by atomic mass is 9.73. The second-order valence-electron chi connectivity index (χ2n) is 12.0. The number of allylic oxidation sites excluding steroid dienone is 2. The predicted molar refractivity (Wildman–Crippen MR) is 201 cm³/mol. The van der Waals surface area contributed by atoms with Crippen LogP contribution < -0.4 is 4.90 Å². The van der Waals surface area contributed by atoms with E-state index >= 15 is 0 Å². The van der Waals surface area contributed by atoms with Crippen LogP contribution in [0.2, 0.25) is 0 Å². The first-order valence-electron chi connectivity index (χ1n) is 15.7. The van der Waals surface area contributed by atoms with E-state index in [1.807, 2.05) is 79.7 Å². The fraction of sp³-hybridized carbons (Fsp3) is 0.0930. The third-order valence-electron chi connectivity index (χ3n) is 8.69. The highest BCUT2D eigenvalue weighted by atomic mass is 15.2. The molecule has 4 heteroatoms. The molecule has 0 N–H and O–H groups in total. The lowest BCUT2D eigenvalue weighted by Gasteiger charge is -2.41. The number of anilines is 2. The molecular weight excluding hydrogens is 573 g/mol. The Morgan fingerprint density at radius 3 is 1.85 bits per heavy atom. The zero-order chi connectivity index (χ0) is 33.0. The molecule has 230 valence electrons. The topological polar surface area (TPSA) is 40.3 Å². The molecular formula is C43H38N4. The molecule has 47 heavy (non-hydrogen) atoms. The van der Waals surface area contributed by atoms with Crippen LogP contribution >= 0.6 is 0 Å². The van der Waals surface area contributed by atoms with E-state index in [-0.39, 0.29) is 5.41 Å². The summed E-state index contributed by atoms with van der Waals surface area (Å²) in [4.78, 5) is 16.6. The quantitative estimate of drug-likeness (QED) is 0.127. The third-order valence-corrected chi connectivity index (χ3v) is 8.69. The molecule has 0 atom stereocenters. The van der Waals surface area contributed by atoms with Crippen molar-refractivity contribution in [2.24, 2.45) is 15.0 Å². The van der Waals surface area contributed by atoms with E-state index in [2.05, 4.69) is 110 Å². The SMILES string of the molecule is C=CC1=C(N=C)N(c2ccccc2)c2ccc(-c3ccc(C(N=C(C)c4ccccc4)=NC(=C)c4ccccc4)cc3)cc2C1(C)C. The molecule has 0 aliphatic carbocycles. The first-order chi connectivity index (χ1) is 22.8. The van der Waals surface area contributed by atoms with Crippen LogP contribution in [0.3, 0.4) is 0 Å². The first kappa shape index (κ1) is 31.1. The van der Waals surface area contributed by atoms with Gasteiger partial charge in [-0.3, -0.25) is 4.90 Å². The average molecular weight is 611 g/mol. The number of hydrogen-bond donors (Lipinski definition) is 0. The van der Waals surface area contributed by atoms with Gasteiger partial charge in [-0.1, -0.05) is 142 Å². The maximum absolute atomic E-state index is 5.00. The number of para-hydroxylation sites is 1. The van der Waals surface area contributed by atoms with Crippen molar-refractivity contribution in [3.05, 3.63) is 186 Å². The minimum atomic E-state index is -0.337. The van der Waals surface area contributed by atoms with Gasteiger partial charge in [-0.2, -0.15) is 0 Å². The smallest absolute Gasteiger partial charge is 0.160 e. The van der Waals surface area contributed by atoms with Crippen molar-refractivity contribution in [1.29, 1.82) is 0 Å². The molecule has 1 heterocycles. The molecule has 0 amide bonds. The van der Waals surface area contributed by atoms with Gasteiger partial charge in [-0.05, 0) is 65.7 Å². The van der Waals surface area contributed by atoms with Gasteiger partial charge in [0.15, 0.2) is 5.84 Å². The van der Waals surface area contributed by atoms with Crippen molar-refractivity contribution < 1.29 is 0 Å². The Kier molecular flexibility index (Phi) is 8.77. The average Bonchev–Trinajstić information content (AvgIpc) is 3.12. The van der Waals surface area contributed by atoms with E-state index in [4.69, 9.17) is 9.98 Å². The highest BCUT2D eigenvalue weighted by Crippen LogP contribution is 2.49. The minimum Gasteiger partial charge on any atom is -0.295 e. The van der Waals surface area contributed by atoms with Gasteiger partial charge in [-0.25, -0.2) is 15.0 Å². The number of rotatable bonds is 8. The number of benzene rings is 5. The Balaban J connectivity index is 1.41. The van der Waals surface area contributed by atoms with E-state index in [1.54, 1.807) is 0 Å². The van der Waals surface area contributed by atoms with Gasteiger partial charge in [0, 0.05) is 28.0 Å². The standard InChI is InChI=1S/C43H38N4/c1-7-38-42(44-6)47(37-21-15-10-16-22-37)40-28-27-36(29-39(40)43(38,4)5)34-23-25-35(26-24-34)41(45-30(2)32-17-11-8-12-18-32)46-31(3)33-19-13-9-14-20-33/h7-29H,1-2,6H2,3-5H3. The molecule has 0 fully saturated rings. The lowest BCUT2D eigenvalue weighted by Crippen LogP contribution is -2.33. The zero-order valence-electron chi connectivity index (χ0n) is 27.2. The van der Waals surface area contributed by atoms with E-state index in [1.165, 1.54) is 5.56 Å². The highest BCUT2D eigenvalue weighted by Gasteiger charge is 2.38. The van der Waals surface area contributed by atoms with Crippen LogP contribution in [0.25, 0.3) is 16.8 Å². The molecule has 4 nitrogen and oxygen atoms in total. The molecule has 5 aromatic carbocycles. The zero-order valence-corrected chi connectivity index (χ0v) is 27.2. The summed E-state index contributed by atoms with van der Waals surface area (Å²) < 4.78 is 0. The van der Waals surface area contributed by atoms with Gasteiger partial charge < -0.3 is 0 Å². The summed E-state index contributed by atoms with van der Waals surface area (Å²) in [5.74, 6) is 1.41. The van der Waals surface area contributed by atoms with Crippen LogP contribution in [0.1, 0.15) is 43.0 Å². The highest BCUT2D eigenvalue weighted by molar-refractivity contribution is 6.12.